The van der Waals surface area contributed by atoms with Gasteiger partial charge in [-0.05, 0) is 24.8 Å². The first-order valence-corrected chi connectivity index (χ1v) is 7.34. The van der Waals surface area contributed by atoms with E-state index in [4.69, 9.17) is 5.11 Å². The van der Waals surface area contributed by atoms with Crippen LogP contribution < -0.4 is 0 Å². The molecule has 1 atom stereocenters. The molecule has 5 nitrogen and oxygen atoms in total. The van der Waals surface area contributed by atoms with Crippen molar-refractivity contribution in [2.24, 2.45) is 5.92 Å². The molecule has 2 amide bonds. The average molecular weight is 290 g/mol. The minimum absolute atomic E-state index is 0.0723. The van der Waals surface area contributed by atoms with Crippen molar-refractivity contribution in [1.29, 1.82) is 0 Å². The van der Waals surface area contributed by atoms with Crippen LogP contribution in [0.5, 0.6) is 0 Å². The summed E-state index contributed by atoms with van der Waals surface area (Å²) >= 11 is 0. The molecule has 2 rings (SSSR count). The Kier molecular flexibility index (Phi) is 5.20. The molecular formula is C16H22N2O3. The van der Waals surface area contributed by atoms with Crippen LogP contribution in [0.3, 0.4) is 0 Å². The molecule has 1 aromatic carbocycles. The summed E-state index contributed by atoms with van der Waals surface area (Å²) in [4.78, 5) is 26.7. The Bertz CT molecular complexity index is 490. The lowest BCUT2D eigenvalue weighted by atomic mass is 9.99. The van der Waals surface area contributed by atoms with Gasteiger partial charge in [-0.3, -0.25) is 4.79 Å². The normalized spacial score (nSPS) is 18.3. The van der Waals surface area contributed by atoms with E-state index in [1.54, 1.807) is 16.8 Å². The Morgan fingerprint density at radius 3 is 2.71 bits per heavy atom. The molecule has 1 saturated heterocycles. The van der Waals surface area contributed by atoms with Crippen LogP contribution in [0.25, 0.3) is 0 Å². The quantitative estimate of drug-likeness (QED) is 0.923. The second-order valence-corrected chi connectivity index (χ2v) is 5.56. The molecule has 1 aromatic rings. The van der Waals surface area contributed by atoms with Crippen molar-refractivity contribution in [2.45, 2.75) is 19.3 Å². The zero-order valence-corrected chi connectivity index (χ0v) is 12.4. The van der Waals surface area contributed by atoms with E-state index in [1.165, 1.54) is 5.56 Å². The third kappa shape index (κ3) is 4.21. The van der Waals surface area contributed by atoms with Crippen molar-refractivity contribution in [1.82, 2.24) is 9.80 Å². The van der Waals surface area contributed by atoms with E-state index in [0.29, 0.717) is 26.1 Å². The van der Waals surface area contributed by atoms with Gasteiger partial charge in [-0.15, -0.1) is 0 Å². The third-order valence-corrected chi connectivity index (χ3v) is 3.95. The van der Waals surface area contributed by atoms with E-state index >= 15 is 0 Å². The maximum absolute atomic E-state index is 12.3. The molecule has 0 aliphatic carbocycles. The van der Waals surface area contributed by atoms with Gasteiger partial charge in [0.2, 0.25) is 0 Å². The van der Waals surface area contributed by atoms with Crippen LogP contribution in [0, 0.1) is 5.92 Å². The summed E-state index contributed by atoms with van der Waals surface area (Å²) in [6, 6.07) is 9.95. The number of urea groups is 1. The summed E-state index contributed by atoms with van der Waals surface area (Å²) in [5.41, 5.74) is 1.19. The maximum atomic E-state index is 12.3. The molecule has 1 N–H and O–H groups in total. The van der Waals surface area contributed by atoms with Gasteiger partial charge >= 0.3 is 12.0 Å². The third-order valence-electron chi connectivity index (χ3n) is 3.95. The fraction of sp³-hybridized carbons (Fsp3) is 0.500. The fourth-order valence-electron chi connectivity index (χ4n) is 2.63. The van der Waals surface area contributed by atoms with Crippen LogP contribution in [0.15, 0.2) is 30.3 Å². The lowest BCUT2D eigenvalue weighted by Crippen LogP contribution is -2.48. The largest absolute Gasteiger partial charge is 0.481 e. The number of aliphatic carboxylic acids is 1. The number of rotatable bonds is 4. The SMILES string of the molecule is CN(CCc1ccccc1)C(=O)N1CCC[C@@H](C(=O)O)C1. The average Bonchev–Trinajstić information content (AvgIpc) is 2.53. The zero-order valence-electron chi connectivity index (χ0n) is 12.4. The highest BCUT2D eigenvalue weighted by Crippen LogP contribution is 2.17. The van der Waals surface area contributed by atoms with E-state index < -0.39 is 11.9 Å². The van der Waals surface area contributed by atoms with E-state index in [-0.39, 0.29) is 6.03 Å². The van der Waals surface area contributed by atoms with Crippen molar-refractivity contribution >= 4 is 12.0 Å². The second kappa shape index (κ2) is 7.11. The predicted octanol–water partition coefficient (Wildman–Crippen LogP) is 2.08. The molecule has 0 saturated carbocycles. The van der Waals surface area contributed by atoms with Crippen molar-refractivity contribution in [2.75, 3.05) is 26.7 Å². The minimum Gasteiger partial charge on any atom is -0.481 e. The predicted molar refractivity (Wildman–Crippen MR) is 80.1 cm³/mol. The van der Waals surface area contributed by atoms with Crippen LogP contribution >= 0.6 is 0 Å². The number of carboxylic acid groups (broad SMARTS) is 1. The number of likely N-dealkylation sites (N-methyl/N-ethyl adjacent to an activating group) is 1. The molecule has 0 radical (unpaired) electrons. The first-order chi connectivity index (χ1) is 10.1. The second-order valence-electron chi connectivity index (χ2n) is 5.56. The number of likely N-dealkylation sites (tertiary alicyclic amines) is 1. The summed E-state index contributed by atoms with van der Waals surface area (Å²) in [7, 11) is 1.77. The number of hydrogen-bond donors (Lipinski definition) is 1. The van der Waals surface area contributed by atoms with Gasteiger partial charge in [0.15, 0.2) is 0 Å². The molecule has 1 heterocycles. The van der Waals surface area contributed by atoms with Gasteiger partial charge in [-0.1, -0.05) is 30.3 Å². The monoisotopic (exact) mass is 290 g/mol. The fourth-order valence-corrected chi connectivity index (χ4v) is 2.63. The molecular weight excluding hydrogens is 268 g/mol. The van der Waals surface area contributed by atoms with Crippen molar-refractivity contribution in [3.05, 3.63) is 35.9 Å². The molecule has 5 heteroatoms. The molecule has 21 heavy (non-hydrogen) atoms. The molecule has 1 fully saturated rings. The van der Waals surface area contributed by atoms with Gasteiger partial charge in [-0.25, -0.2) is 4.79 Å². The van der Waals surface area contributed by atoms with E-state index in [1.807, 2.05) is 30.3 Å². The number of carbonyl (C=O) groups excluding carboxylic acids is 1. The Labute approximate surface area is 125 Å². The topological polar surface area (TPSA) is 60.9 Å². The van der Waals surface area contributed by atoms with E-state index in [9.17, 15) is 9.59 Å². The number of benzene rings is 1. The summed E-state index contributed by atoms with van der Waals surface area (Å²) in [5.74, 6) is -1.23. The first-order valence-electron chi connectivity index (χ1n) is 7.34. The maximum Gasteiger partial charge on any atom is 0.319 e. The van der Waals surface area contributed by atoms with Crippen molar-refractivity contribution in [3.8, 4) is 0 Å². The van der Waals surface area contributed by atoms with Crippen LogP contribution in [0.1, 0.15) is 18.4 Å². The number of hydrogen-bond acceptors (Lipinski definition) is 2. The van der Waals surface area contributed by atoms with Gasteiger partial charge in [0.25, 0.3) is 0 Å². The molecule has 114 valence electrons. The van der Waals surface area contributed by atoms with Crippen LogP contribution in [0.2, 0.25) is 0 Å². The smallest absolute Gasteiger partial charge is 0.319 e. The van der Waals surface area contributed by atoms with Crippen molar-refractivity contribution in [3.63, 3.8) is 0 Å². The lowest BCUT2D eigenvalue weighted by molar-refractivity contribution is -0.143. The Morgan fingerprint density at radius 1 is 1.33 bits per heavy atom. The first kappa shape index (κ1) is 15.4. The van der Waals surface area contributed by atoms with Gasteiger partial charge < -0.3 is 14.9 Å². The highest BCUT2D eigenvalue weighted by atomic mass is 16.4. The summed E-state index contributed by atoms with van der Waals surface area (Å²) < 4.78 is 0. The van der Waals surface area contributed by atoms with E-state index in [0.717, 1.165) is 12.8 Å². The molecule has 0 unspecified atom stereocenters. The van der Waals surface area contributed by atoms with Crippen LogP contribution in [0.4, 0.5) is 4.79 Å². The molecule has 0 bridgehead atoms. The minimum atomic E-state index is -0.806. The van der Waals surface area contributed by atoms with Gasteiger partial charge in [-0.2, -0.15) is 0 Å². The van der Waals surface area contributed by atoms with Crippen molar-refractivity contribution < 1.29 is 14.7 Å². The van der Waals surface area contributed by atoms with Gasteiger partial charge in [0.1, 0.15) is 0 Å². The van der Waals surface area contributed by atoms with E-state index in [2.05, 4.69) is 0 Å². The number of nitrogens with zero attached hydrogens (tertiary/aromatic N) is 2. The standard InChI is InChI=1S/C16H22N2O3/c1-17(11-9-13-6-3-2-4-7-13)16(21)18-10-5-8-14(12-18)15(19)20/h2-4,6-7,14H,5,8-12H2,1H3,(H,19,20)/t14-/m1/s1. The van der Waals surface area contributed by atoms with Crippen LogP contribution in [-0.4, -0.2) is 53.6 Å². The molecule has 1 aliphatic rings. The van der Waals surface area contributed by atoms with Crippen LogP contribution in [-0.2, 0) is 11.2 Å². The number of piperidine rings is 1. The number of carbonyl (C=O) groups is 2. The molecule has 1 aliphatic heterocycles. The highest BCUT2D eigenvalue weighted by Gasteiger charge is 2.29. The summed E-state index contributed by atoms with van der Waals surface area (Å²) in [6.45, 7) is 1.61. The Balaban J connectivity index is 1.85. The number of carboxylic acids is 1. The highest BCUT2D eigenvalue weighted by molar-refractivity contribution is 5.76. The summed E-state index contributed by atoms with van der Waals surface area (Å²) in [6.07, 6.45) is 2.22. The molecule has 0 spiro atoms. The Hall–Kier alpha value is -2.04. The molecule has 0 aromatic heterocycles. The zero-order chi connectivity index (χ0) is 15.2. The summed E-state index contributed by atoms with van der Waals surface area (Å²) in [5, 5.41) is 9.08. The van der Waals surface area contributed by atoms with Gasteiger partial charge in [0.05, 0.1) is 5.92 Å². The van der Waals surface area contributed by atoms with Gasteiger partial charge in [0, 0.05) is 26.7 Å². The number of amides is 2. The Morgan fingerprint density at radius 2 is 2.05 bits per heavy atom. The lowest BCUT2D eigenvalue weighted by Gasteiger charge is -2.33.